The minimum absolute atomic E-state index is 0.0441. The molecule has 2 saturated heterocycles. The molecule has 0 spiro atoms. The highest BCUT2D eigenvalue weighted by atomic mass is 32.2. The summed E-state index contributed by atoms with van der Waals surface area (Å²) in [6, 6.07) is 7.60. The molecule has 3 N–H and O–H groups in total. The van der Waals surface area contributed by atoms with Gasteiger partial charge in [0.15, 0.2) is 5.65 Å². The normalized spacial score (nSPS) is 17.7. The molecular formula is C31H36F2N10O3S. The fourth-order valence-corrected chi connectivity index (χ4v) is 6.87. The first-order valence-electron chi connectivity index (χ1n) is 15.6. The molecule has 3 aliphatic heterocycles. The van der Waals surface area contributed by atoms with Crippen molar-refractivity contribution in [3.8, 4) is 17.0 Å². The molecule has 1 aromatic carbocycles. The van der Waals surface area contributed by atoms with E-state index < -0.39 is 12.5 Å². The molecular weight excluding hydrogens is 630 g/mol. The van der Waals surface area contributed by atoms with Gasteiger partial charge in [0, 0.05) is 59.6 Å². The Bertz CT molecular complexity index is 1770. The highest BCUT2D eigenvalue weighted by Crippen LogP contribution is 2.39. The first kappa shape index (κ1) is 31.4. The van der Waals surface area contributed by atoms with Gasteiger partial charge in [0.1, 0.15) is 17.0 Å². The van der Waals surface area contributed by atoms with E-state index in [0.717, 1.165) is 49.7 Å². The molecule has 0 bridgehead atoms. The van der Waals surface area contributed by atoms with Crippen molar-refractivity contribution in [3.63, 3.8) is 0 Å². The summed E-state index contributed by atoms with van der Waals surface area (Å²) in [5, 5.41) is 14.3. The van der Waals surface area contributed by atoms with E-state index in [1.54, 1.807) is 53.2 Å². The van der Waals surface area contributed by atoms with Crippen molar-refractivity contribution in [2.45, 2.75) is 62.1 Å². The number of amides is 1. The van der Waals surface area contributed by atoms with Gasteiger partial charge in [-0.05, 0) is 37.1 Å². The lowest BCUT2D eigenvalue weighted by atomic mass is 10.0. The number of carbonyl (C=O) groups is 1. The van der Waals surface area contributed by atoms with E-state index in [0.29, 0.717) is 41.2 Å². The van der Waals surface area contributed by atoms with Crippen LogP contribution in [0.2, 0.25) is 0 Å². The number of fused-ring (bicyclic) bond motifs is 1. The number of nitrogens with one attached hydrogen (secondary N) is 3. The maximum Gasteiger partial charge on any atom is 0.387 e. The number of benzene rings is 1. The van der Waals surface area contributed by atoms with E-state index in [9.17, 15) is 13.6 Å². The van der Waals surface area contributed by atoms with E-state index in [1.165, 1.54) is 16.8 Å². The van der Waals surface area contributed by atoms with Gasteiger partial charge >= 0.3 is 6.61 Å². The lowest BCUT2D eigenvalue weighted by Crippen LogP contribution is -2.55. The Hall–Kier alpha value is -4.25. The average Bonchev–Trinajstić information content (AvgIpc) is 3.76. The van der Waals surface area contributed by atoms with E-state index in [1.807, 2.05) is 20.0 Å². The number of nitrogens with zero attached hydrogens (tertiary/aromatic N) is 7. The largest absolute Gasteiger partial charge is 0.434 e. The molecule has 13 nitrogen and oxygen atoms in total. The number of hydrazine groups is 2. The molecule has 4 aromatic rings. The molecule has 0 unspecified atom stereocenters. The van der Waals surface area contributed by atoms with Crippen molar-refractivity contribution < 1.29 is 23.0 Å². The van der Waals surface area contributed by atoms with Crippen LogP contribution in [0.25, 0.3) is 16.9 Å². The van der Waals surface area contributed by atoms with E-state index in [4.69, 9.17) is 14.6 Å². The molecule has 0 atom stereocenters. The number of halogens is 2. The Morgan fingerprint density at radius 1 is 1.21 bits per heavy atom. The molecule has 0 radical (unpaired) electrons. The fourth-order valence-electron chi connectivity index (χ4n) is 5.99. The van der Waals surface area contributed by atoms with Crippen LogP contribution in [0, 0.1) is 0 Å². The highest BCUT2D eigenvalue weighted by Gasteiger charge is 2.32. The summed E-state index contributed by atoms with van der Waals surface area (Å²) < 4.78 is 40.5. The number of likely N-dealkylation sites (tertiary alicyclic amines) is 1. The van der Waals surface area contributed by atoms with Gasteiger partial charge in [-0.3, -0.25) is 19.4 Å². The van der Waals surface area contributed by atoms with E-state index in [-0.39, 0.29) is 16.6 Å². The van der Waals surface area contributed by atoms with Crippen LogP contribution in [0.4, 0.5) is 14.5 Å². The average molecular weight is 667 g/mol. The van der Waals surface area contributed by atoms with Gasteiger partial charge in [-0.1, -0.05) is 13.8 Å². The summed E-state index contributed by atoms with van der Waals surface area (Å²) in [5.74, 6) is -0.508. The van der Waals surface area contributed by atoms with Gasteiger partial charge in [-0.25, -0.2) is 9.50 Å². The summed E-state index contributed by atoms with van der Waals surface area (Å²) in [4.78, 5) is 21.2. The molecule has 2 fully saturated rings. The lowest BCUT2D eigenvalue weighted by molar-refractivity contribution is -0.0760. The zero-order valence-electron chi connectivity index (χ0n) is 26.0. The molecule has 3 aliphatic rings. The quantitative estimate of drug-likeness (QED) is 0.201. The van der Waals surface area contributed by atoms with Crippen LogP contribution in [-0.2, 0) is 11.3 Å². The SMILES string of the molecule is CC(C)Sc1ccc(OC(F)F)c(-c2nn(CC3=CN(C4CCN(C5COC5)CC4)NN3)cc2NC(=O)c2cnn3cccnc23)c1. The molecule has 7 rings (SSSR count). The summed E-state index contributed by atoms with van der Waals surface area (Å²) >= 11 is 1.58. The van der Waals surface area contributed by atoms with Crippen LogP contribution in [0.1, 0.15) is 37.0 Å². The number of aromatic nitrogens is 5. The number of rotatable bonds is 11. The van der Waals surface area contributed by atoms with Crippen LogP contribution in [0.5, 0.6) is 5.75 Å². The third-order valence-corrected chi connectivity index (χ3v) is 9.33. The highest BCUT2D eigenvalue weighted by molar-refractivity contribution is 7.99. The van der Waals surface area contributed by atoms with Crippen molar-refractivity contribution >= 4 is 29.0 Å². The van der Waals surface area contributed by atoms with Crippen LogP contribution in [0.15, 0.2) is 65.8 Å². The zero-order valence-corrected chi connectivity index (χ0v) is 26.8. The molecule has 1 amide bonds. The number of hydrogen-bond donors (Lipinski definition) is 3. The summed E-state index contributed by atoms with van der Waals surface area (Å²) in [7, 11) is 0. The van der Waals surface area contributed by atoms with Crippen molar-refractivity contribution in [2.24, 2.45) is 0 Å². The first-order chi connectivity index (χ1) is 22.8. The maximum absolute atomic E-state index is 13.6. The minimum atomic E-state index is -3.04. The van der Waals surface area contributed by atoms with Crippen LogP contribution >= 0.6 is 11.8 Å². The van der Waals surface area contributed by atoms with E-state index in [2.05, 4.69) is 36.3 Å². The van der Waals surface area contributed by atoms with Crippen molar-refractivity contribution in [1.82, 2.24) is 45.2 Å². The Labute approximate surface area is 274 Å². The molecule has 6 heterocycles. The minimum Gasteiger partial charge on any atom is -0.434 e. The molecule has 0 saturated carbocycles. The maximum atomic E-state index is 13.6. The Morgan fingerprint density at radius 2 is 2.04 bits per heavy atom. The first-order valence-corrected chi connectivity index (χ1v) is 16.4. The summed E-state index contributed by atoms with van der Waals surface area (Å²) in [5.41, 5.74) is 8.94. The number of ether oxygens (including phenoxy) is 2. The molecule has 16 heteroatoms. The smallest absolute Gasteiger partial charge is 0.387 e. The van der Waals surface area contributed by atoms with Crippen molar-refractivity contribution in [3.05, 3.63) is 66.5 Å². The van der Waals surface area contributed by atoms with Gasteiger partial charge in [0.25, 0.3) is 5.91 Å². The number of thioether (sulfide) groups is 1. The van der Waals surface area contributed by atoms with Crippen molar-refractivity contribution in [1.29, 1.82) is 0 Å². The fraction of sp³-hybridized carbons (Fsp3) is 0.419. The van der Waals surface area contributed by atoms with Crippen molar-refractivity contribution in [2.75, 3.05) is 31.6 Å². The van der Waals surface area contributed by atoms with E-state index >= 15 is 0 Å². The Balaban J connectivity index is 1.17. The molecule has 3 aromatic heterocycles. The number of piperidine rings is 1. The van der Waals surface area contributed by atoms with Gasteiger partial charge in [0.05, 0.1) is 43.4 Å². The Morgan fingerprint density at radius 3 is 2.79 bits per heavy atom. The Kier molecular flexibility index (Phi) is 8.98. The summed E-state index contributed by atoms with van der Waals surface area (Å²) in [6.45, 7) is 5.06. The number of anilines is 1. The topological polar surface area (TPSA) is 126 Å². The van der Waals surface area contributed by atoms with Crippen LogP contribution < -0.4 is 21.0 Å². The zero-order chi connectivity index (χ0) is 32.5. The van der Waals surface area contributed by atoms with Gasteiger partial charge in [0.2, 0.25) is 0 Å². The monoisotopic (exact) mass is 666 g/mol. The number of carbonyl (C=O) groups excluding carboxylic acids is 1. The molecule has 47 heavy (non-hydrogen) atoms. The standard InChI is InChI=1S/C31H36F2N10O3S/c1-19(2)47-23-4-5-27(46-31(32)33)24(12-23)28-26(36-30(44)25-13-35-42-9-3-8-34-29(25)42)16-41(38-28)14-20-15-43(39-37-20)21-6-10-40(11-7-21)22-17-45-18-22/h3-5,8-9,12-13,15-16,19,21-22,31,37,39H,6-7,10-11,14,17-18H2,1-2H3,(H,36,44). The summed E-state index contributed by atoms with van der Waals surface area (Å²) in [6.07, 6.45) is 10.5. The lowest BCUT2D eigenvalue weighted by Gasteiger charge is -2.42. The second kappa shape index (κ2) is 13.5. The predicted molar refractivity (Wildman–Crippen MR) is 172 cm³/mol. The number of alkyl halides is 2. The van der Waals surface area contributed by atoms with Gasteiger partial charge in [-0.2, -0.15) is 19.0 Å². The third-order valence-electron chi connectivity index (χ3n) is 8.33. The molecule has 248 valence electrons. The third kappa shape index (κ3) is 6.90. The molecule has 0 aliphatic carbocycles. The number of hydrogen-bond acceptors (Lipinski definition) is 11. The van der Waals surface area contributed by atoms with Crippen LogP contribution in [-0.4, -0.2) is 90.4 Å². The van der Waals surface area contributed by atoms with Gasteiger partial charge in [-0.15, -0.1) is 17.3 Å². The van der Waals surface area contributed by atoms with Crippen LogP contribution in [0.3, 0.4) is 0 Å². The second-order valence-electron chi connectivity index (χ2n) is 11.9. The van der Waals surface area contributed by atoms with Gasteiger partial charge < -0.3 is 20.2 Å². The second-order valence-corrected chi connectivity index (χ2v) is 13.6. The predicted octanol–water partition coefficient (Wildman–Crippen LogP) is 3.98. The number of allylic oxidation sites excluding steroid dienone is 1.